The molecule has 0 bridgehead atoms. The molecule has 1 atom stereocenters. The molecule has 1 aliphatic rings. The predicted molar refractivity (Wildman–Crippen MR) is 86.0 cm³/mol. The highest BCUT2D eigenvalue weighted by molar-refractivity contribution is 5.78. The number of β-amino-alcohol motifs (C(OH)–C–C–N with tert-alkyl or cyclic N) is 1. The Labute approximate surface area is 132 Å². The average molecular weight is 306 g/mol. The molecular formula is C17H26N2O3. The van der Waals surface area contributed by atoms with Crippen molar-refractivity contribution < 1.29 is 14.6 Å². The van der Waals surface area contributed by atoms with Gasteiger partial charge in [-0.2, -0.15) is 0 Å². The normalized spacial score (nSPS) is 22.0. The number of carbonyl (C=O) groups is 1. The molecule has 1 fully saturated rings. The fraction of sp³-hybridized carbons (Fsp3) is 0.588. The molecule has 0 unspecified atom stereocenters. The van der Waals surface area contributed by atoms with Gasteiger partial charge in [-0.15, -0.1) is 0 Å². The highest BCUT2D eigenvalue weighted by Crippen LogP contribution is 2.22. The van der Waals surface area contributed by atoms with Crippen molar-refractivity contribution in [2.45, 2.75) is 25.4 Å². The maximum absolute atomic E-state index is 12.3. The van der Waals surface area contributed by atoms with Crippen LogP contribution in [0.15, 0.2) is 24.3 Å². The van der Waals surface area contributed by atoms with Crippen LogP contribution >= 0.6 is 0 Å². The van der Waals surface area contributed by atoms with Crippen molar-refractivity contribution in [3.05, 3.63) is 29.8 Å². The summed E-state index contributed by atoms with van der Waals surface area (Å²) in [5, 5.41) is 10.6. The number of nitrogens with zero attached hydrogens (tertiary/aromatic N) is 2. The molecule has 0 spiro atoms. The second-order valence-corrected chi connectivity index (χ2v) is 6.48. The molecule has 1 heterocycles. The molecule has 1 aromatic carbocycles. The average Bonchev–Trinajstić information content (AvgIpc) is 2.45. The van der Waals surface area contributed by atoms with E-state index in [9.17, 15) is 9.90 Å². The Kier molecular flexibility index (Phi) is 5.42. The Bertz CT molecular complexity index is 501. The number of amides is 1. The molecule has 1 N–H and O–H groups in total. The fourth-order valence-corrected chi connectivity index (χ4v) is 2.91. The van der Waals surface area contributed by atoms with E-state index in [-0.39, 0.29) is 12.5 Å². The van der Waals surface area contributed by atoms with E-state index in [0.717, 1.165) is 18.4 Å². The first-order valence-electron chi connectivity index (χ1n) is 7.72. The summed E-state index contributed by atoms with van der Waals surface area (Å²) in [5.74, 6) is 0.622. The fourth-order valence-electron chi connectivity index (χ4n) is 2.91. The summed E-state index contributed by atoms with van der Waals surface area (Å²) in [7, 11) is 3.86. The molecular weight excluding hydrogens is 280 g/mol. The van der Waals surface area contributed by atoms with Gasteiger partial charge in [-0.05, 0) is 46.0 Å². The van der Waals surface area contributed by atoms with Crippen LogP contribution in [0.5, 0.6) is 5.75 Å². The second-order valence-electron chi connectivity index (χ2n) is 6.48. The highest BCUT2D eigenvalue weighted by atomic mass is 16.5. The van der Waals surface area contributed by atoms with Crippen molar-refractivity contribution in [2.24, 2.45) is 0 Å². The maximum Gasteiger partial charge on any atom is 0.260 e. The van der Waals surface area contributed by atoms with E-state index in [2.05, 4.69) is 0 Å². The third kappa shape index (κ3) is 4.71. The number of hydrogen-bond donors (Lipinski definition) is 1. The van der Waals surface area contributed by atoms with E-state index in [4.69, 9.17) is 4.74 Å². The Morgan fingerprint density at radius 3 is 2.68 bits per heavy atom. The van der Waals surface area contributed by atoms with Crippen LogP contribution in [0, 0.1) is 6.92 Å². The van der Waals surface area contributed by atoms with Crippen molar-refractivity contribution in [1.82, 2.24) is 9.80 Å². The Morgan fingerprint density at radius 1 is 1.36 bits per heavy atom. The van der Waals surface area contributed by atoms with Gasteiger partial charge in [0.2, 0.25) is 0 Å². The van der Waals surface area contributed by atoms with Crippen molar-refractivity contribution >= 4 is 5.91 Å². The number of hydrogen-bond acceptors (Lipinski definition) is 4. The minimum Gasteiger partial charge on any atom is -0.484 e. The minimum atomic E-state index is -0.818. The van der Waals surface area contributed by atoms with Crippen LogP contribution in [0.3, 0.4) is 0 Å². The van der Waals surface area contributed by atoms with E-state index in [0.29, 0.717) is 25.4 Å². The summed E-state index contributed by atoms with van der Waals surface area (Å²) >= 11 is 0. The number of ether oxygens (including phenoxy) is 1. The van der Waals surface area contributed by atoms with Crippen molar-refractivity contribution in [3.63, 3.8) is 0 Å². The number of likely N-dealkylation sites (N-methyl/N-ethyl adjacent to an activating group) is 1. The highest BCUT2D eigenvalue weighted by Gasteiger charge is 2.35. The smallest absolute Gasteiger partial charge is 0.260 e. The van der Waals surface area contributed by atoms with E-state index in [1.165, 1.54) is 0 Å². The number of aliphatic hydroxyl groups is 1. The third-order valence-corrected chi connectivity index (χ3v) is 3.90. The molecule has 5 nitrogen and oxygen atoms in total. The summed E-state index contributed by atoms with van der Waals surface area (Å²) < 4.78 is 5.54. The van der Waals surface area contributed by atoms with Crippen LogP contribution < -0.4 is 4.74 Å². The van der Waals surface area contributed by atoms with Crippen LogP contribution in [0.2, 0.25) is 0 Å². The molecule has 0 saturated carbocycles. The van der Waals surface area contributed by atoms with Gasteiger partial charge in [0.1, 0.15) is 5.75 Å². The zero-order valence-corrected chi connectivity index (χ0v) is 13.7. The summed E-state index contributed by atoms with van der Waals surface area (Å²) in [4.78, 5) is 16.0. The zero-order chi connectivity index (χ0) is 16.2. The van der Waals surface area contributed by atoms with E-state index < -0.39 is 5.60 Å². The quantitative estimate of drug-likeness (QED) is 0.890. The molecule has 22 heavy (non-hydrogen) atoms. The molecule has 0 aromatic heterocycles. The lowest BCUT2D eigenvalue weighted by molar-refractivity contribution is -0.141. The molecule has 1 aliphatic heterocycles. The zero-order valence-electron chi connectivity index (χ0n) is 13.7. The molecule has 1 saturated heterocycles. The summed E-state index contributed by atoms with van der Waals surface area (Å²) in [5.41, 5.74) is 0.338. The van der Waals surface area contributed by atoms with Gasteiger partial charge in [0, 0.05) is 13.1 Å². The van der Waals surface area contributed by atoms with Gasteiger partial charge in [-0.25, -0.2) is 0 Å². The first-order valence-corrected chi connectivity index (χ1v) is 7.72. The van der Waals surface area contributed by atoms with Crippen molar-refractivity contribution in [1.29, 1.82) is 0 Å². The Balaban J connectivity index is 1.87. The molecule has 5 heteroatoms. The summed E-state index contributed by atoms with van der Waals surface area (Å²) in [6.07, 6.45) is 1.55. The molecule has 122 valence electrons. The number of piperidine rings is 1. The van der Waals surface area contributed by atoms with Gasteiger partial charge in [-0.1, -0.05) is 17.7 Å². The van der Waals surface area contributed by atoms with E-state index in [1.807, 2.05) is 50.2 Å². The van der Waals surface area contributed by atoms with Gasteiger partial charge in [0.15, 0.2) is 6.61 Å². The van der Waals surface area contributed by atoms with Crippen LogP contribution in [0.1, 0.15) is 18.4 Å². The largest absolute Gasteiger partial charge is 0.484 e. The van der Waals surface area contributed by atoms with Gasteiger partial charge in [0.25, 0.3) is 5.91 Å². The molecule has 0 aliphatic carbocycles. The van der Waals surface area contributed by atoms with Crippen LogP contribution in [0.4, 0.5) is 0 Å². The van der Waals surface area contributed by atoms with E-state index in [1.54, 1.807) is 4.90 Å². The third-order valence-electron chi connectivity index (χ3n) is 3.90. The monoisotopic (exact) mass is 306 g/mol. The number of carbonyl (C=O) groups excluding carboxylic acids is 1. The first-order chi connectivity index (χ1) is 10.4. The predicted octanol–water partition coefficient (Wildman–Crippen LogP) is 1.29. The standard InChI is InChI=1S/C17H26N2O3/c1-14-5-7-15(8-6-14)22-11-16(20)19-10-4-9-17(21,13-19)12-18(2)3/h5-8,21H,4,9-13H2,1-3H3/t17-/m0/s1. The number of aryl methyl sites for hydroxylation is 1. The van der Waals surface area contributed by atoms with Crippen molar-refractivity contribution in [2.75, 3.05) is 40.3 Å². The van der Waals surface area contributed by atoms with Crippen LogP contribution in [-0.2, 0) is 4.79 Å². The Morgan fingerprint density at radius 2 is 2.05 bits per heavy atom. The lowest BCUT2D eigenvalue weighted by Crippen LogP contribution is -2.55. The molecule has 2 rings (SSSR count). The maximum atomic E-state index is 12.3. The van der Waals surface area contributed by atoms with E-state index >= 15 is 0 Å². The SMILES string of the molecule is Cc1ccc(OCC(=O)N2CCC[C@](O)(CN(C)C)C2)cc1. The van der Waals surface area contributed by atoms with Crippen molar-refractivity contribution in [3.8, 4) is 5.75 Å². The number of benzene rings is 1. The molecule has 1 aromatic rings. The topological polar surface area (TPSA) is 53.0 Å². The number of likely N-dealkylation sites (tertiary alicyclic amines) is 1. The van der Waals surface area contributed by atoms with Gasteiger partial charge < -0.3 is 19.6 Å². The van der Waals surface area contributed by atoms with Crippen LogP contribution in [-0.4, -0.2) is 66.8 Å². The second kappa shape index (κ2) is 7.11. The molecule has 1 amide bonds. The van der Waals surface area contributed by atoms with Crippen LogP contribution in [0.25, 0.3) is 0 Å². The lowest BCUT2D eigenvalue weighted by atomic mass is 9.92. The minimum absolute atomic E-state index is 0.0150. The Hall–Kier alpha value is -1.59. The summed E-state index contributed by atoms with van der Waals surface area (Å²) in [6, 6.07) is 7.63. The number of rotatable bonds is 5. The van der Waals surface area contributed by atoms with Gasteiger partial charge in [-0.3, -0.25) is 4.79 Å². The summed E-state index contributed by atoms with van der Waals surface area (Å²) in [6.45, 7) is 3.65. The van der Waals surface area contributed by atoms with Gasteiger partial charge >= 0.3 is 0 Å². The first kappa shape index (κ1) is 16.8. The molecule has 0 radical (unpaired) electrons. The lowest BCUT2D eigenvalue weighted by Gasteiger charge is -2.40. The van der Waals surface area contributed by atoms with Gasteiger partial charge in [0.05, 0.1) is 12.1 Å².